The van der Waals surface area contributed by atoms with E-state index in [1.54, 1.807) is 32.0 Å². The molecule has 1 N–H and O–H groups in total. The highest BCUT2D eigenvalue weighted by Gasteiger charge is 2.35. The fourth-order valence-electron chi connectivity index (χ4n) is 3.76. The highest BCUT2D eigenvalue weighted by Crippen LogP contribution is 2.35. The van der Waals surface area contributed by atoms with Crippen molar-refractivity contribution >= 4 is 33.0 Å². The molecule has 0 bridgehead atoms. The first-order valence-corrected chi connectivity index (χ1v) is 12.9. The molecule has 1 unspecified atom stereocenters. The summed E-state index contributed by atoms with van der Waals surface area (Å²) >= 11 is 1.29. The van der Waals surface area contributed by atoms with Gasteiger partial charge in [-0.25, -0.2) is 12.8 Å². The predicted molar refractivity (Wildman–Crippen MR) is 123 cm³/mol. The second-order valence-corrected chi connectivity index (χ2v) is 11.2. The van der Waals surface area contributed by atoms with Gasteiger partial charge in [-0.05, 0) is 50.5 Å². The number of piperidine rings is 1. The van der Waals surface area contributed by atoms with Crippen molar-refractivity contribution in [3.63, 3.8) is 0 Å². The predicted octanol–water partition coefficient (Wildman–Crippen LogP) is 4.16. The summed E-state index contributed by atoms with van der Waals surface area (Å²) in [5, 5.41) is 6.64. The highest BCUT2D eigenvalue weighted by molar-refractivity contribution is 7.89. The molecular formula is C22H25FN4O4S2. The number of hydrogen-bond acceptors (Lipinski definition) is 7. The van der Waals surface area contributed by atoms with Crippen LogP contribution < -0.4 is 5.32 Å². The summed E-state index contributed by atoms with van der Waals surface area (Å²) in [5.41, 5.74) is 0.841. The van der Waals surface area contributed by atoms with Gasteiger partial charge in [0, 0.05) is 30.1 Å². The molecule has 11 heteroatoms. The summed E-state index contributed by atoms with van der Waals surface area (Å²) in [6.45, 7) is 5.67. The van der Waals surface area contributed by atoms with E-state index in [-0.39, 0.29) is 17.3 Å². The molecule has 1 saturated heterocycles. The van der Waals surface area contributed by atoms with Gasteiger partial charge in [0.2, 0.25) is 27.6 Å². The highest BCUT2D eigenvalue weighted by atomic mass is 32.2. The smallest absolute Gasteiger partial charge is 0.244 e. The van der Waals surface area contributed by atoms with Gasteiger partial charge >= 0.3 is 0 Å². The second-order valence-electron chi connectivity index (χ2n) is 8.05. The fraction of sp³-hybridized carbons (Fsp3) is 0.409. The summed E-state index contributed by atoms with van der Waals surface area (Å²) in [4.78, 5) is 18.5. The van der Waals surface area contributed by atoms with Gasteiger partial charge in [-0.15, -0.1) is 11.3 Å². The van der Waals surface area contributed by atoms with Crippen LogP contribution in [0.4, 0.5) is 10.1 Å². The van der Waals surface area contributed by atoms with Crippen LogP contribution in [0.1, 0.15) is 36.1 Å². The van der Waals surface area contributed by atoms with Crippen molar-refractivity contribution in [2.45, 2.75) is 44.9 Å². The zero-order valence-electron chi connectivity index (χ0n) is 18.6. The Labute approximate surface area is 195 Å². The van der Waals surface area contributed by atoms with E-state index in [2.05, 4.69) is 15.5 Å². The van der Waals surface area contributed by atoms with Gasteiger partial charge in [-0.1, -0.05) is 18.1 Å². The minimum absolute atomic E-state index is 0.0648. The molecule has 0 radical (unpaired) electrons. The van der Waals surface area contributed by atoms with Gasteiger partial charge in [0.15, 0.2) is 0 Å². The number of sulfonamides is 1. The van der Waals surface area contributed by atoms with Gasteiger partial charge < -0.3 is 9.84 Å². The summed E-state index contributed by atoms with van der Waals surface area (Å²) in [6.07, 6.45) is 1.71. The van der Waals surface area contributed by atoms with E-state index >= 15 is 0 Å². The molecule has 1 fully saturated rings. The normalized spacial score (nSPS) is 17.3. The average Bonchev–Trinajstić information content (AvgIpc) is 3.43. The Morgan fingerprint density at radius 3 is 2.82 bits per heavy atom. The number of aryl methyl sites for hydroxylation is 3. The standard InChI is InChI=1S/C22H25FN4O4S2/c1-4-20-25-21(26-31-20)18-11-19(14(3)32-18)33(29,30)27-9-5-6-15(12-27)22(28)24-16-8-7-13(2)17(23)10-16/h7-8,10-11,15H,4-6,9,12H2,1-3H3,(H,24,28). The van der Waals surface area contributed by atoms with E-state index in [9.17, 15) is 17.6 Å². The first kappa shape index (κ1) is 23.5. The molecule has 176 valence electrons. The molecule has 1 aromatic carbocycles. The van der Waals surface area contributed by atoms with Gasteiger partial charge in [0.1, 0.15) is 5.82 Å². The Balaban J connectivity index is 1.51. The number of carbonyl (C=O) groups is 1. The maximum atomic E-state index is 13.8. The minimum atomic E-state index is -3.81. The van der Waals surface area contributed by atoms with Crippen molar-refractivity contribution in [3.05, 3.63) is 46.4 Å². The molecule has 1 aliphatic rings. The second kappa shape index (κ2) is 9.32. The Morgan fingerprint density at radius 2 is 2.12 bits per heavy atom. The Morgan fingerprint density at radius 1 is 1.33 bits per heavy atom. The number of halogens is 1. The van der Waals surface area contributed by atoms with Crippen LogP contribution in [0.5, 0.6) is 0 Å². The van der Waals surface area contributed by atoms with Crippen molar-refractivity contribution in [3.8, 4) is 10.7 Å². The van der Waals surface area contributed by atoms with Crippen LogP contribution in [0.3, 0.4) is 0 Å². The van der Waals surface area contributed by atoms with Gasteiger partial charge in [-0.2, -0.15) is 9.29 Å². The first-order valence-electron chi connectivity index (χ1n) is 10.7. The number of rotatable bonds is 6. The minimum Gasteiger partial charge on any atom is -0.339 e. The van der Waals surface area contributed by atoms with Crippen LogP contribution in [-0.2, 0) is 21.2 Å². The lowest BCUT2D eigenvalue weighted by atomic mass is 9.98. The Hall–Kier alpha value is -2.63. The number of nitrogens with one attached hydrogen (secondary N) is 1. The van der Waals surface area contributed by atoms with E-state index in [1.165, 1.54) is 21.7 Å². The van der Waals surface area contributed by atoms with Crippen molar-refractivity contribution in [1.82, 2.24) is 14.4 Å². The van der Waals surface area contributed by atoms with Crippen LogP contribution in [0.2, 0.25) is 0 Å². The van der Waals surface area contributed by atoms with Crippen LogP contribution in [0, 0.1) is 25.6 Å². The summed E-state index contributed by atoms with van der Waals surface area (Å²) in [6, 6.07) is 6.06. The number of carbonyl (C=O) groups excluding carboxylic acids is 1. The zero-order chi connectivity index (χ0) is 23.8. The van der Waals surface area contributed by atoms with E-state index < -0.39 is 21.8 Å². The SMILES string of the molecule is CCc1nc(-c2cc(S(=O)(=O)N3CCCC(C(=O)Nc4ccc(C)c(F)c4)C3)c(C)s2)no1. The Bertz CT molecular complexity index is 1290. The zero-order valence-corrected chi connectivity index (χ0v) is 20.2. The molecule has 4 rings (SSSR count). The van der Waals surface area contributed by atoms with E-state index in [0.717, 1.165) is 0 Å². The maximum absolute atomic E-state index is 13.8. The Kier molecular flexibility index (Phi) is 6.64. The van der Waals surface area contributed by atoms with Gasteiger partial charge in [0.05, 0.1) is 15.7 Å². The van der Waals surface area contributed by atoms with Gasteiger partial charge in [0.25, 0.3) is 0 Å². The summed E-state index contributed by atoms with van der Waals surface area (Å²) in [7, 11) is -3.81. The number of benzene rings is 1. The first-order chi connectivity index (χ1) is 15.7. The van der Waals surface area contributed by atoms with Crippen LogP contribution in [0.15, 0.2) is 33.7 Å². The largest absolute Gasteiger partial charge is 0.339 e. The van der Waals surface area contributed by atoms with Crippen molar-refractivity contribution in [2.75, 3.05) is 18.4 Å². The molecular weight excluding hydrogens is 467 g/mol. The van der Waals surface area contributed by atoms with E-state index in [4.69, 9.17) is 4.52 Å². The quantitative estimate of drug-likeness (QED) is 0.554. The summed E-state index contributed by atoms with van der Waals surface area (Å²) in [5.74, 6) is -0.404. The monoisotopic (exact) mass is 492 g/mol. The van der Waals surface area contributed by atoms with E-state index in [1.807, 2.05) is 6.92 Å². The third-order valence-corrected chi connectivity index (χ3v) is 8.84. The molecule has 3 heterocycles. The van der Waals surface area contributed by atoms with Crippen LogP contribution >= 0.6 is 11.3 Å². The molecule has 0 aliphatic carbocycles. The van der Waals surface area contributed by atoms with Crippen molar-refractivity contribution in [1.29, 1.82) is 0 Å². The molecule has 2 aromatic heterocycles. The number of nitrogens with zero attached hydrogens (tertiary/aromatic N) is 3. The number of thiophene rings is 1. The molecule has 33 heavy (non-hydrogen) atoms. The molecule has 1 amide bonds. The van der Waals surface area contributed by atoms with Crippen molar-refractivity contribution < 1.29 is 22.1 Å². The third-order valence-electron chi connectivity index (χ3n) is 5.68. The number of anilines is 1. The lowest BCUT2D eigenvalue weighted by Crippen LogP contribution is -2.43. The third kappa shape index (κ3) is 4.85. The van der Waals surface area contributed by atoms with Crippen LogP contribution in [0.25, 0.3) is 10.7 Å². The molecule has 8 nitrogen and oxygen atoms in total. The van der Waals surface area contributed by atoms with Crippen LogP contribution in [-0.4, -0.2) is 41.9 Å². The molecule has 1 aliphatic heterocycles. The lowest BCUT2D eigenvalue weighted by Gasteiger charge is -2.31. The topological polar surface area (TPSA) is 105 Å². The number of aromatic nitrogens is 2. The maximum Gasteiger partial charge on any atom is 0.244 e. The van der Waals surface area contributed by atoms with Gasteiger partial charge in [-0.3, -0.25) is 4.79 Å². The molecule has 1 atom stereocenters. The van der Waals surface area contributed by atoms with Crippen molar-refractivity contribution in [2.24, 2.45) is 5.92 Å². The number of amides is 1. The molecule has 3 aromatic rings. The number of hydrogen-bond donors (Lipinski definition) is 1. The van der Waals surface area contributed by atoms with E-state index in [0.29, 0.717) is 58.5 Å². The molecule has 0 spiro atoms. The lowest BCUT2D eigenvalue weighted by molar-refractivity contribution is -0.120. The molecule has 0 saturated carbocycles. The summed E-state index contributed by atoms with van der Waals surface area (Å²) < 4.78 is 47.1. The fourth-order valence-corrected chi connectivity index (χ4v) is 6.77. The average molecular weight is 493 g/mol.